The number of alkyl carbamates (subject to hydrolysis) is 1. The van der Waals surface area contributed by atoms with E-state index in [4.69, 9.17) is 9.84 Å². The fourth-order valence-electron chi connectivity index (χ4n) is 1.59. The molecule has 0 saturated carbocycles. The van der Waals surface area contributed by atoms with Crippen LogP contribution in [0.25, 0.3) is 0 Å². The second-order valence-electron chi connectivity index (χ2n) is 4.37. The van der Waals surface area contributed by atoms with Crippen LogP contribution in [-0.2, 0) is 25.8 Å². The second-order valence-corrected chi connectivity index (χ2v) is 4.37. The molecule has 0 fully saturated rings. The van der Waals surface area contributed by atoms with Crippen molar-refractivity contribution in [3.63, 3.8) is 0 Å². The number of benzene rings is 1. The van der Waals surface area contributed by atoms with Crippen molar-refractivity contribution in [2.24, 2.45) is 0 Å². The van der Waals surface area contributed by atoms with E-state index in [1.54, 1.807) is 24.3 Å². The highest BCUT2D eigenvalue weighted by Crippen LogP contribution is 2.03. The zero-order valence-electron chi connectivity index (χ0n) is 12.3. The van der Waals surface area contributed by atoms with E-state index in [9.17, 15) is 14.4 Å². The summed E-state index contributed by atoms with van der Waals surface area (Å²) in [6.45, 7) is 0.0147. The van der Waals surface area contributed by atoms with Crippen molar-refractivity contribution >= 4 is 18.0 Å². The van der Waals surface area contributed by atoms with Gasteiger partial charge in [-0.2, -0.15) is 0 Å². The average molecular weight is 310 g/mol. The van der Waals surface area contributed by atoms with Gasteiger partial charge in [-0.25, -0.2) is 9.86 Å². The minimum Gasteiger partial charge on any atom is -0.481 e. The van der Waals surface area contributed by atoms with Crippen LogP contribution in [0.3, 0.4) is 0 Å². The lowest BCUT2D eigenvalue weighted by Crippen LogP contribution is -2.48. The van der Waals surface area contributed by atoms with Crippen LogP contribution in [0.5, 0.6) is 0 Å². The van der Waals surface area contributed by atoms with Crippen molar-refractivity contribution in [1.82, 2.24) is 10.4 Å². The topological polar surface area (TPSA) is 105 Å². The average Bonchev–Trinajstić information content (AvgIpc) is 2.51. The van der Waals surface area contributed by atoms with Gasteiger partial charge in [-0.1, -0.05) is 30.3 Å². The first kappa shape index (κ1) is 17.4. The molecule has 2 amide bonds. The van der Waals surface area contributed by atoms with E-state index in [0.29, 0.717) is 0 Å². The number of nitrogens with zero attached hydrogens (tertiary/aromatic N) is 1. The normalized spacial score (nSPS) is 11.4. The van der Waals surface area contributed by atoms with Crippen LogP contribution in [0.1, 0.15) is 12.0 Å². The first-order valence-electron chi connectivity index (χ1n) is 6.44. The predicted molar refractivity (Wildman–Crippen MR) is 75.6 cm³/mol. The Morgan fingerprint density at radius 3 is 2.45 bits per heavy atom. The number of carbonyl (C=O) groups excluding carboxylic acids is 2. The Bertz CT molecular complexity index is 519. The molecular formula is C14H18N2O6. The highest BCUT2D eigenvalue weighted by molar-refractivity contribution is 5.88. The van der Waals surface area contributed by atoms with Crippen molar-refractivity contribution in [2.45, 2.75) is 19.1 Å². The molecule has 1 atom stereocenters. The Morgan fingerprint density at radius 2 is 1.91 bits per heavy atom. The lowest BCUT2D eigenvalue weighted by atomic mass is 10.2. The molecule has 0 spiro atoms. The number of carbonyl (C=O) groups is 3. The van der Waals surface area contributed by atoms with Gasteiger partial charge in [0.2, 0.25) is 0 Å². The van der Waals surface area contributed by atoms with E-state index in [-0.39, 0.29) is 6.61 Å². The molecule has 0 aliphatic heterocycles. The number of hydrogen-bond acceptors (Lipinski definition) is 5. The van der Waals surface area contributed by atoms with Crippen molar-refractivity contribution < 1.29 is 29.1 Å². The summed E-state index contributed by atoms with van der Waals surface area (Å²) in [5.41, 5.74) is 0.771. The van der Waals surface area contributed by atoms with Crippen LogP contribution in [0, 0.1) is 0 Å². The first-order chi connectivity index (χ1) is 10.4. The summed E-state index contributed by atoms with van der Waals surface area (Å²) >= 11 is 0. The fourth-order valence-corrected chi connectivity index (χ4v) is 1.59. The monoisotopic (exact) mass is 310 g/mol. The molecule has 1 aromatic carbocycles. The third kappa shape index (κ3) is 5.80. The zero-order valence-corrected chi connectivity index (χ0v) is 12.3. The summed E-state index contributed by atoms with van der Waals surface area (Å²) in [6, 6.07) is 7.68. The summed E-state index contributed by atoms with van der Waals surface area (Å²) in [4.78, 5) is 39.0. The number of hydrogen-bond donors (Lipinski definition) is 2. The molecule has 120 valence electrons. The number of nitrogens with one attached hydrogen (secondary N) is 1. The zero-order chi connectivity index (χ0) is 16.5. The highest BCUT2D eigenvalue weighted by Gasteiger charge is 2.27. The number of hydroxylamine groups is 2. The maximum atomic E-state index is 11.9. The van der Waals surface area contributed by atoms with Gasteiger partial charge in [0.15, 0.2) is 0 Å². The van der Waals surface area contributed by atoms with Gasteiger partial charge in [-0.05, 0) is 5.56 Å². The van der Waals surface area contributed by atoms with Crippen LogP contribution in [0.2, 0.25) is 0 Å². The van der Waals surface area contributed by atoms with Crippen LogP contribution in [0.4, 0.5) is 4.79 Å². The van der Waals surface area contributed by atoms with Gasteiger partial charge in [-0.3, -0.25) is 14.4 Å². The minimum atomic E-state index is -1.27. The van der Waals surface area contributed by atoms with Gasteiger partial charge in [0.25, 0.3) is 5.91 Å². The molecule has 8 nitrogen and oxygen atoms in total. The van der Waals surface area contributed by atoms with E-state index < -0.39 is 30.4 Å². The number of likely N-dealkylation sites (N-methyl/N-ethyl adjacent to an activating group) is 1. The number of aliphatic carboxylic acids is 1. The summed E-state index contributed by atoms with van der Waals surface area (Å²) in [6.07, 6.45) is -1.46. The van der Waals surface area contributed by atoms with Crippen molar-refractivity contribution in [3.8, 4) is 0 Å². The molecule has 0 aliphatic rings. The standard InChI is InChI=1S/C14H18N2O6/c1-16(21-2)13(19)11(8-12(17)18)15-14(20)22-9-10-6-4-3-5-7-10/h3-7,11H,8-9H2,1-2H3,(H,15,20)(H,17,18). The van der Waals surface area contributed by atoms with Gasteiger partial charge in [0.05, 0.1) is 13.5 Å². The van der Waals surface area contributed by atoms with Crippen LogP contribution in [0.15, 0.2) is 30.3 Å². The maximum Gasteiger partial charge on any atom is 0.408 e. The largest absolute Gasteiger partial charge is 0.481 e. The quantitative estimate of drug-likeness (QED) is 0.721. The molecule has 1 unspecified atom stereocenters. The molecule has 0 heterocycles. The van der Waals surface area contributed by atoms with Gasteiger partial charge in [0.1, 0.15) is 12.6 Å². The Labute approximate surface area is 127 Å². The van der Waals surface area contributed by atoms with E-state index in [1.807, 2.05) is 6.07 Å². The third-order valence-corrected chi connectivity index (χ3v) is 2.77. The Kier molecular flexibility index (Phi) is 6.84. The molecule has 0 aliphatic carbocycles. The molecule has 22 heavy (non-hydrogen) atoms. The summed E-state index contributed by atoms with van der Waals surface area (Å²) in [5, 5.41) is 11.9. The molecule has 0 radical (unpaired) electrons. The molecular weight excluding hydrogens is 292 g/mol. The highest BCUT2D eigenvalue weighted by atomic mass is 16.7. The first-order valence-corrected chi connectivity index (χ1v) is 6.44. The molecule has 2 N–H and O–H groups in total. The summed E-state index contributed by atoms with van der Waals surface area (Å²) in [5.74, 6) is -1.92. The predicted octanol–water partition coefficient (Wildman–Crippen LogP) is 0.776. The van der Waals surface area contributed by atoms with E-state index in [0.717, 1.165) is 10.6 Å². The van der Waals surface area contributed by atoms with Gasteiger partial charge in [-0.15, -0.1) is 0 Å². The Morgan fingerprint density at radius 1 is 1.27 bits per heavy atom. The summed E-state index contributed by atoms with van der Waals surface area (Å²) in [7, 11) is 2.57. The SMILES string of the molecule is CON(C)C(=O)C(CC(=O)O)NC(=O)OCc1ccccc1. The van der Waals surface area contributed by atoms with Crippen LogP contribution < -0.4 is 5.32 Å². The van der Waals surface area contributed by atoms with Gasteiger partial charge in [0, 0.05) is 7.05 Å². The molecule has 8 heteroatoms. The van der Waals surface area contributed by atoms with Crippen LogP contribution >= 0.6 is 0 Å². The number of carboxylic acids is 1. The molecule has 1 aromatic rings. The van der Waals surface area contributed by atoms with Crippen molar-refractivity contribution in [1.29, 1.82) is 0 Å². The Hall–Kier alpha value is -2.61. The number of ether oxygens (including phenoxy) is 1. The van der Waals surface area contributed by atoms with Crippen LogP contribution in [-0.4, -0.2) is 48.3 Å². The van der Waals surface area contributed by atoms with E-state index in [1.165, 1.54) is 14.2 Å². The molecule has 1 rings (SSSR count). The molecule has 0 saturated heterocycles. The van der Waals surface area contributed by atoms with Gasteiger partial charge >= 0.3 is 12.1 Å². The smallest absolute Gasteiger partial charge is 0.408 e. The van der Waals surface area contributed by atoms with Crippen molar-refractivity contribution in [3.05, 3.63) is 35.9 Å². The maximum absolute atomic E-state index is 11.9. The Balaban J connectivity index is 2.58. The van der Waals surface area contributed by atoms with E-state index >= 15 is 0 Å². The number of rotatable bonds is 7. The van der Waals surface area contributed by atoms with Crippen molar-refractivity contribution in [2.75, 3.05) is 14.2 Å². The van der Waals surface area contributed by atoms with E-state index in [2.05, 4.69) is 10.2 Å². The molecule has 0 aromatic heterocycles. The summed E-state index contributed by atoms with van der Waals surface area (Å²) < 4.78 is 4.95. The lowest BCUT2D eigenvalue weighted by Gasteiger charge is -2.21. The number of amides is 2. The fraction of sp³-hybridized carbons (Fsp3) is 0.357. The third-order valence-electron chi connectivity index (χ3n) is 2.77. The lowest BCUT2D eigenvalue weighted by molar-refractivity contribution is -0.172. The van der Waals surface area contributed by atoms with Gasteiger partial charge < -0.3 is 15.2 Å². The second kappa shape index (κ2) is 8.63. The number of carboxylic acid groups (broad SMARTS) is 1. The minimum absolute atomic E-state index is 0.0147. The molecule has 0 bridgehead atoms.